The number of hydrogen-bond acceptors (Lipinski definition) is 3. The van der Waals surface area contributed by atoms with Gasteiger partial charge in [0.05, 0.1) is 12.3 Å². The lowest BCUT2D eigenvalue weighted by Gasteiger charge is -2.41. The Balaban J connectivity index is 1.95. The van der Waals surface area contributed by atoms with Gasteiger partial charge >= 0.3 is 6.03 Å². The summed E-state index contributed by atoms with van der Waals surface area (Å²) in [7, 11) is -3.38. The number of likely N-dealkylation sites (tertiary alicyclic amines) is 1. The van der Waals surface area contributed by atoms with Gasteiger partial charge in [0.15, 0.2) is 0 Å². The van der Waals surface area contributed by atoms with E-state index < -0.39 is 10.0 Å². The van der Waals surface area contributed by atoms with Crippen LogP contribution < -0.4 is 10.0 Å². The number of amides is 2. The summed E-state index contributed by atoms with van der Waals surface area (Å²) in [5.74, 6) is 0. The topological polar surface area (TPSA) is 78.5 Å². The Morgan fingerprint density at radius 2 is 1.87 bits per heavy atom. The number of carbonyl (C=O) groups is 1. The van der Waals surface area contributed by atoms with Gasteiger partial charge in [-0.1, -0.05) is 48.5 Å². The van der Waals surface area contributed by atoms with E-state index in [1.165, 1.54) is 6.26 Å². The highest BCUT2D eigenvalue weighted by molar-refractivity contribution is 7.88. The van der Waals surface area contributed by atoms with Crippen LogP contribution in [0.15, 0.2) is 48.5 Å². The monoisotopic (exact) mass is 429 g/mol. The lowest BCUT2D eigenvalue weighted by atomic mass is 9.88. The molecule has 1 fully saturated rings. The van der Waals surface area contributed by atoms with Crippen molar-refractivity contribution in [2.24, 2.45) is 0 Å². The number of urea groups is 1. The lowest BCUT2D eigenvalue weighted by molar-refractivity contribution is 0.134. The lowest BCUT2D eigenvalue weighted by Crippen LogP contribution is -2.59. The van der Waals surface area contributed by atoms with E-state index in [0.29, 0.717) is 25.9 Å². The Kier molecular flexibility index (Phi) is 7.15. The summed E-state index contributed by atoms with van der Waals surface area (Å²) in [5, 5.41) is 2.88. The second kappa shape index (κ2) is 9.62. The number of rotatable bonds is 6. The fourth-order valence-electron chi connectivity index (χ4n) is 4.29. The van der Waals surface area contributed by atoms with Crippen LogP contribution in [0.4, 0.5) is 4.79 Å². The SMILES string of the molecule is CCNC(=O)N1CCC[C@H](NS(C)(=O)=O)[C@@H]1Cc1cccc(-c2ccccc2)c1C. The molecule has 1 aliphatic heterocycles. The number of benzene rings is 2. The molecule has 0 bridgehead atoms. The van der Waals surface area contributed by atoms with E-state index in [0.717, 1.165) is 28.7 Å². The van der Waals surface area contributed by atoms with E-state index in [2.05, 4.69) is 41.2 Å². The Bertz CT molecular complexity index is 976. The van der Waals surface area contributed by atoms with Crippen molar-refractivity contribution in [3.63, 3.8) is 0 Å². The molecule has 0 aromatic heterocycles. The molecule has 6 nitrogen and oxygen atoms in total. The fraction of sp³-hybridized carbons (Fsp3) is 0.435. The van der Waals surface area contributed by atoms with Gasteiger partial charge in [-0.25, -0.2) is 17.9 Å². The predicted molar refractivity (Wildman–Crippen MR) is 121 cm³/mol. The zero-order valence-corrected chi connectivity index (χ0v) is 18.7. The van der Waals surface area contributed by atoms with Crippen LogP contribution in [0.5, 0.6) is 0 Å². The summed E-state index contributed by atoms with van der Waals surface area (Å²) in [5.41, 5.74) is 4.58. The minimum atomic E-state index is -3.38. The van der Waals surface area contributed by atoms with Crippen LogP contribution in [0.2, 0.25) is 0 Å². The van der Waals surface area contributed by atoms with Crippen molar-refractivity contribution in [1.29, 1.82) is 0 Å². The van der Waals surface area contributed by atoms with Gasteiger partial charge in [-0.05, 0) is 55.4 Å². The van der Waals surface area contributed by atoms with Crippen LogP contribution >= 0.6 is 0 Å². The zero-order chi connectivity index (χ0) is 21.7. The van der Waals surface area contributed by atoms with Crippen molar-refractivity contribution in [1.82, 2.24) is 14.9 Å². The van der Waals surface area contributed by atoms with E-state index in [4.69, 9.17) is 0 Å². The maximum absolute atomic E-state index is 12.7. The van der Waals surface area contributed by atoms with Gasteiger partial charge in [0, 0.05) is 19.1 Å². The first-order chi connectivity index (χ1) is 14.3. The summed E-state index contributed by atoms with van der Waals surface area (Å²) in [4.78, 5) is 14.5. The summed E-state index contributed by atoms with van der Waals surface area (Å²) in [6, 6.07) is 15.7. The minimum Gasteiger partial charge on any atom is -0.338 e. The highest BCUT2D eigenvalue weighted by Crippen LogP contribution is 2.29. The highest BCUT2D eigenvalue weighted by Gasteiger charge is 2.36. The second-order valence-corrected chi connectivity index (χ2v) is 9.67. The summed E-state index contributed by atoms with van der Waals surface area (Å²) in [6.07, 6.45) is 3.25. The minimum absolute atomic E-state index is 0.139. The van der Waals surface area contributed by atoms with Gasteiger partial charge in [0.2, 0.25) is 10.0 Å². The Morgan fingerprint density at radius 3 is 2.53 bits per heavy atom. The largest absolute Gasteiger partial charge is 0.338 e. The third kappa shape index (κ3) is 5.40. The average Bonchev–Trinajstić information content (AvgIpc) is 2.70. The first kappa shape index (κ1) is 22.3. The zero-order valence-electron chi connectivity index (χ0n) is 17.9. The van der Waals surface area contributed by atoms with Gasteiger partial charge in [0.1, 0.15) is 0 Å². The molecule has 2 aromatic carbocycles. The van der Waals surface area contributed by atoms with E-state index >= 15 is 0 Å². The maximum atomic E-state index is 12.7. The molecule has 0 spiro atoms. The summed E-state index contributed by atoms with van der Waals surface area (Å²) < 4.78 is 26.7. The second-order valence-electron chi connectivity index (χ2n) is 7.89. The molecule has 2 amide bonds. The van der Waals surface area contributed by atoms with Crippen LogP contribution in [-0.2, 0) is 16.4 Å². The molecule has 2 atom stereocenters. The molecule has 7 heteroatoms. The standard InChI is InChI=1S/C23H31N3O3S/c1-4-24-23(27)26-15-9-14-21(25-30(3,28)29)22(26)16-19-12-8-13-20(17(19)2)18-10-6-5-7-11-18/h5-8,10-13,21-22,25H,4,9,14-16H2,1-3H3,(H,24,27)/t21-,22-/m0/s1. The first-order valence-corrected chi connectivity index (χ1v) is 12.3. The number of hydrogen-bond donors (Lipinski definition) is 2. The van der Waals surface area contributed by atoms with Gasteiger partial charge < -0.3 is 10.2 Å². The number of nitrogens with zero attached hydrogens (tertiary/aromatic N) is 1. The van der Waals surface area contributed by atoms with Crippen LogP contribution in [0.3, 0.4) is 0 Å². The predicted octanol–water partition coefficient (Wildman–Crippen LogP) is 3.32. The van der Waals surface area contributed by atoms with E-state index in [1.807, 2.05) is 31.2 Å². The molecule has 1 aliphatic rings. The molecule has 30 heavy (non-hydrogen) atoms. The van der Waals surface area contributed by atoms with E-state index in [-0.39, 0.29) is 18.1 Å². The molecule has 1 heterocycles. The number of sulfonamides is 1. The molecule has 2 aromatic rings. The van der Waals surface area contributed by atoms with Crippen molar-refractivity contribution in [3.8, 4) is 11.1 Å². The molecule has 0 radical (unpaired) electrons. The summed E-state index contributed by atoms with van der Waals surface area (Å²) >= 11 is 0. The Hall–Kier alpha value is -2.38. The Labute approximate surface area is 179 Å². The molecule has 1 saturated heterocycles. The molecule has 3 rings (SSSR count). The van der Waals surface area contributed by atoms with Crippen LogP contribution in [0.1, 0.15) is 30.9 Å². The molecular formula is C23H31N3O3S. The van der Waals surface area contributed by atoms with E-state index in [1.54, 1.807) is 4.90 Å². The normalized spacial score (nSPS) is 19.5. The third-order valence-electron chi connectivity index (χ3n) is 5.69. The molecule has 162 valence electrons. The average molecular weight is 430 g/mol. The smallest absolute Gasteiger partial charge is 0.317 e. The van der Waals surface area contributed by atoms with E-state index in [9.17, 15) is 13.2 Å². The molecule has 0 saturated carbocycles. The number of nitrogens with one attached hydrogen (secondary N) is 2. The van der Waals surface area contributed by atoms with Gasteiger partial charge in [-0.3, -0.25) is 0 Å². The molecule has 0 unspecified atom stereocenters. The van der Waals surface area contributed by atoms with Crippen LogP contribution in [0.25, 0.3) is 11.1 Å². The van der Waals surface area contributed by atoms with Crippen molar-refractivity contribution in [2.75, 3.05) is 19.3 Å². The van der Waals surface area contributed by atoms with Crippen LogP contribution in [-0.4, -0.2) is 50.8 Å². The fourth-order valence-corrected chi connectivity index (χ4v) is 5.11. The number of carbonyl (C=O) groups excluding carboxylic acids is 1. The van der Waals surface area contributed by atoms with Gasteiger partial charge in [0.25, 0.3) is 0 Å². The van der Waals surface area contributed by atoms with Crippen LogP contribution in [0, 0.1) is 6.92 Å². The van der Waals surface area contributed by atoms with Gasteiger partial charge in [-0.15, -0.1) is 0 Å². The maximum Gasteiger partial charge on any atom is 0.317 e. The highest BCUT2D eigenvalue weighted by atomic mass is 32.2. The third-order valence-corrected chi connectivity index (χ3v) is 6.42. The number of piperidine rings is 1. The van der Waals surface area contributed by atoms with Crippen molar-refractivity contribution < 1.29 is 13.2 Å². The summed E-state index contributed by atoms with van der Waals surface area (Å²) in [6.45, 7) is 5.14. The molecular weight excluding hydrogens is 398 g/mol. The van der Waals surface area contributed by atoms with Crippen molar-refractivity contribution >= 4 is 16.1 Å². The van der Waals surface area contributed by atoms with Crippen molar-refractivity contribution in [2.45, 2.75) is 45.2 Å². The Morgan fingerprint density at radius 1 is 1.13 bits per heavy atom. The molecule has 0 aliphatic carbocycles. The molecule has 2 N–H and O–H groups in total. The van der Waals surface area contributed by atoms with Gasteiger partial charge in [-0.2, -0.15) is 0 Å². The first-order valence-electron chi connectivity index (χ1n) is 10.5. The quantitative estimate of drug-likeness (QED) is 0.739. The van der Waals surface area contributed by atoms with Crippen molar-refractivity contribution in [3.05, 3.63) is 59.7 Å².